The fourth-order valence-electron chi connectivity index (χ4n) is 10.2. The van der Waals surface area contributed by atoms with E-state index in [1.807, 2.05) is 11.3 Å². The van der Waals surface area contributed by atoms with E-state index in [1.165, 1.54) is 114 Å². The summed E-state index contributed by atoms with van der Waals surface area (Å²) in [7, 11) is 0. The van der Waals surface area contributed by atoms with Crippen LogP contribution in [-0.4, -0.2) is 0 Å². The summed E-state index contributed by atoms with van der Waals surface area (Å²) in [6.07, 6.45) is 14.7. The first kappa shape index (κ1) is 32.0. The summed E-state index contributed by atoms with van der Waals surface area (Å²) in [5, 5.41) is 10.7. The normalized spacial score (nSPS) is 16.7. The zero-order chi connectivity index (χ0) is 37.1. The van der Waals surface area contributed by atoms with Crippen molar-refractivity contribution >= 4 is 69.4 Å². The fourth-order valence-corrected chi connectivity index (χ4v) is 11.4. The number of thiophene rings is 1. The van der Waals surface area contributed by atoms with Gasteiger partial charge in [0.05, 0.1) is 0 Å². The molecule has 1 heteroatoms. The summed E-state index contributed by atoms with van der Waals surface area (Å²) in [6, 6.07) is 53.0. The molecule has 0 nitrogen and oxygen atoms in total. The van der Waals surface area contributed by atoms with Gasteiger partial charge in [0.15, 0.2) is 0 Å². The largest absolute Gasteiger partial charge is 0.135 e. The SMILES string of the molecule is CC1(C)c2ccc(-c3ccc(-c4c5ccccc5c(C5=CC=C6C=CC=CC6C5)c5ccccc45)cc3)cc2-c2cc3c(ccc4sc5ccccc5c43)cc21. The molecule has 12 rings (SSSR count). The van der Waals surface area contributed by atoms with Crippen molar-refractivity contribution in [1.29, 1.82) is 0 Å². The van der Waals surface area contributed by atoms with E-state index in [9.17, 15) is 0 Å². The predicted molar refractivity (Wildman–Crippen MR) is 243 cm³/mol. The quantitative estimate of drug-likeness (QED) is 0.159. The van der Waals surface area contributed by atoms with Gasteiger partial charge in [-0.2, -0.15) is 0 Å². The molecule has 1 aromatic heterocycles. The van der Waals surface area contributed by atoms with Crippen LogP contribution in [0.25, 0.3) is 91.4 Å². The Morgan fingerprint density at radius 3 is 1.95 bits per heavy atom. The Morgan fingerprint density at radius 2 is 1.18 bits per heavy atom. The standard InChI is InChI=1S/C55H38S/c1-55(2)48-27-25-37(30-46(48)47-32-45-38(31-49(47)55)26-28-51-54(45)44-17-9-10-18-50(44)56-51)34-19-22-35(23-20-34)52-40-13-5-7-15-42(40)53(43-16-8-6-14-41(43)52)39-24-21-33-11-3-4-12-36(33)29-39/h3-28,30-32,36H,29H2,1-2H3. The van der Waals surface area contributed by atoms with Crippen LogP contribution in [0.3, 0.4) is 0 Å². The minimum absolute atomic E-state index is 0.0718. The van der Waals surface area contributed by atoms with Gasteiger partial charge in [0.25, 0.3) is 0 Å². The zero-order valence-corrected chi connectivity index (χ0v) is 32.3. The van der Waals surface area contributed by atoms with Gasteiger partial charge in [-0.25, -0.2) is 0 Å². The number of hydrogen-bond donors (Lipinski definition) is 0. The summed E-state index contributed by atoms with van der Waals surface area (Å²) >= 11 is 1.90. The summed E-state index contributed by atoms with van der Waals surface area (Å²) in [4.78, 5) is 0. The third-order valence-corrected chi connectivity index (χ3v) is 14.1. The number of rotatable bonds is 3. The van der Waals surface area contributed by atoms with Gasteiger partial charge < -0.3 is 0 Å². The summed E-state index contributed by atoms with van der Waals surface area (Å²) in [5.74, 6) is 0.431. The molecule has 0 spiro atoms. The zero-order valence-electron chi connectivity index (χ0n) is 31.4. The van der Waals surface area contributed by atoms with Crippen molar-refractivity contribution < 1.29 is 0 Å². The maximum atomic E-state index is 2.49. The van der Waals surface area contributed by atoms with Gasteiger partial charge in [-0.15, -0.1) is 11.3 Å². The number of allylic oxidation sites excluding steroid dienone is 8. The van der Waals surface area contributed by atoms with E-state index in [1.54, 1.807) is 0 Å². The second kappa shape index (κ2) is 11.9. The van der Waals surface area contributed by atoms with Crippen LogP contribution < -0.4 is 0 Å². The molecule has 264 valence electrons. The van der Waals surface area contributed by atoms with E-state index in [2.05, 4.69) is 190 Å². The average molecular weight is 731 g/mol. The molecular formula is C55H38S. The van der Waals surface area contributed by atoms with Gasteiger partial charge in [0.1, 0.15) is 0 Å². The molecule has 0 amide bonds. The maximum absolute atomic E-state index is 2.49. The molecule has 56 heavy (non-hydrogen) atoms. The van der Waals surface area contributed by atoms with Crippen LogP contribution in [0.15, 0.2) is 182 Å². The molecule has 0 N–H and O–H groups in total. The smallest absolute Gasteiger partial charge is 0.0361 e. The number of benzene rings is 8. The van der Waals surface area contributed by atoms with E-state index in [0.717, 1.165) is 6.42 Å². The monoisotopic (exact) mass is 730 g/mol. The molecule has 3 aliphatic rings. The molecule has 0 radical (unpaired) electrons. The Balaban J connectivity index is 0.980. The first-order valence-electron chi connectivity index (χ1n) is 19.8. The first-order chi connectivity index (χ1) is 27.5. The lowest BCUT2D eigenvalue weighted by atomic mass is 9.79. The molecule has 0 fully saturated rings. The van der Waals surface area contributed by atoms with Crippen molar-refractivity contribution in [3.8, 4) is 33.4 Å². The topological polar surface area (TPSA) is 0 Å². The highest BCUT2D eigenvalue weighted by molar-refractivity contribution is 7.26. The van der Waals surface area contributed by atoms with Crippen molar-refractivity contribution in [2.24, 2.45) is 5.92 Å². The van der Waals surface area contributed by atoms with Gasteiger partial charge in [-0.3, -0.25) is 0 Å². The van der Waals surface area contributed by atoms with Crippen LogP contribution in [0, 0.1) is 5.92 Å². The lowest BCUT2D eigenvalue weighted by molar-refractivity contribution is 0.661. The highest BCUT2D eigenvalue weighted by atomic mass is 32.1. The third kappa shape index (κ3) is 4.59. The molecule has 0 saturated heterocycles. The molecule has 0 aliphatic heterocycles. The Bertz CT molecular complexity index is 3230. The van der Waals surface area contributed by atoms with Crippen LogP contribution in [-0.2, 0) is 5.41 Å². The van der Waals surface area contributed by atoms with Crippen molar-refractivity contribution in [2.45, 2.75) is 25.7 Å². The number of fused-ring (bicyclic) bond motifs is 11. The molecule has 8 aromatic carbocycles. The van der Waals surface area contributed by atoms with Crippen molar-refractivity contribution in [2.75, 3.05) is 0 Å². The Labute approximate surface area is 331 Å². The minimum atomic E-state index is -0.0718. The molecule has 9 aromatic rings. The predicted octanol–water partition coefficient (Wildman–Crippen LogP) is 15.6. The van der Waals surface area contributed by atoms with Crippen LogP contribution in [0.4, 0.5) is 0 Å². The minimum Gasteiger partial charge on any atom is -0.135 e. The second-order valence-electron chi connectivity index (χ2n) is 16.4. The maximum Gasteiger partial charge on any atom is 0.0361 e. The lowest BCUT2D eigenvalue weighted by Gasteiger charge is -2.25. The third-order valence-electron chi connectivity index (χ3n) is 13.0. The second-order valence-corrected chi connectivity index (χ2v) is 17.5. The van der Waals surface area contributed by atoms with Gasteiger partial charge in [0, 0.05) is 31.5 Å². The van der Waals surface area contributed by atoms with Crippen molar-refractivity contribution in [3.05, 3.63) is 198 Å². The molecule has 0 bridgehead atoms. The van der Waals surface area contributed by atoms with E-state index in [-0.39, 0.29) is 5.41 Å². The lowest BCUT2D eigenvalue weighted by Crippen LogP contribution is -2.14. The summed E-state index contributed by atoms with van der Waals surface area (Å²) < 4.78 is 2.71. The Hall–Kier alpha value is -6.28. The first-order valence-corrected chi connectivity index (χ1v) is 20.7. The van der Waals surface area contributed by atoms with Crippen LogP contribution in [0.2, 0.25) is 0 Å². The van der Waals surface area contributed by atoms with Crippen molar-refractivity contribution in [1.82, 2.24) is 0 Å². The van der Waals surface area contributed by atoms with Gasteiger partial charge >= 0.3 is 0 Å². The average Bonchev–Trinajstić information content (AvgIpc) is 3.73. The fraction of sp³-hybridized carbons (Fsp3) is 0.0909. The highest BCUT2D eigenvalue weighted by Crippen LogP contribution is 2.52. The molecular weight excluding hydrogens is 693 g/mol. The molecule has 0 saturated carbocycles. The van der Waals surface area contributed by atoms with Gasteiger partial charge in [-0.05, 0) is 130 Å². The van der Waals surface area contributed by atoms with Crippen molar-refractivity contribution in [3.63, 3.8) is 0 Å². The van der Waals surface area contributed by atoms with Gasteiger partial charge in [0.2, 0.25) is 0 Å². The summed E-state index contributed by atoms with van der Waals surface area (Å²) in [5.41, 5.74) is 14.7. The van der Waals surface area contributed by atoms with Crippen LogP contribution in [0.5, 0.6) is 0 Å². The highest BCUT2D eigenvalue weighted by Gasteiger charge is 2.36. The van der Waals surface area contributed by atoms with Gasteiger partial charge in [-0.1, -0.05) is 159 Å². The van der Waals surface area contributed by atoms with Crippen LogP contribution >= 0.6 is 11.3 Å². The van der Waals surface area contributed by atoms with E-state index in [0.29, 0.717) is 5.92 Å². The van der Waals surface area contributed by atoms with E-state index >= 15 is 0 Å². The molecule has 1 atom stereocenters. The Kier molecular flexibility index (Phi) is 6.78. The molecule has 1 unspecified atom stereocenters. The molecule has 3 aliphatic carbocycles. The van der Waals surface area contributed by atoms with E-state index in [4.69, 9.17) is 0 Å². The summed E-state index contributed by atoms with van der Waals surface area (Å²) in [6.45, 7) is 4.78. The molecule has 1 heterocycles. The number of hydrogen-bond acceptors (Lipinski definition) is 1. The van der Waals surface area contributed by atoms with Crippen LogP contribution in [0.1, 0.15) is 37.0 Å². The Morgan fingerprint density at radius 1 is 0.518 bits per heavy atom. The van der Waals surface area contributed by atoms with E-state index < -0.39 is 0 Å².